The number of halogens is 2. The van der Waals surface area contributed by atoms with Gasteiger partial charge in [0.15, 0.2) is 5.78 Å². The van der Waals surface area contributed by atoms with E-state index in [-0.39, 0.29) is 11.1 Å². The molecule has 0 unspecified atom stereocenters. The van der Waals surface area contributed by atoms with Gasteiger partial charge in [-0.25, -0.2) is 0 Å². The van der Waals surface area contributed by atoms with Crippen LogP contribution in [-0.2, 0) is 0 Å². The number of pyridine rings is 1. The van der Waals surface area contributed by atoms with E-state index in [9.17, 15) is 23.7 Å². The number of nitro groups is 1. The fourth-order valence-corrected chi connectivity index (χ4v) is 1.66. The molecule has 0 saturated heterocycles. The van der Waals surface area contributed by atoms with Gasteiger partial charge in [0.25, 0.3) is 5.69 Å². The van der Waals surface area contributed by atoms with Gasteiger partial charge in [-0.3, -0.25) is 19.9 Å². The Hall–Kier alpha value is -2.90. The van der Waals surface area contributed by atoms with Gasteiger partial charge >= 0.3 is 6.61 Å². The Balaban J connectivity index is 2.45. The minimum Gasteiger partial charge on any atom is -0.435 e. The van der Waals surface area contributed by atoms with Gasteiger partial charge < -0.3 is 4.74 Å². The smallest absolute Gasteiger partial charge is 0.387 e. The molecule has 108 valence electrons. The Kier molecular flexibility index (Phi) is 4.17. The molecular weight excluding hydrogens is 286 g/mol. The van der Waals surface area contributed by atoms with Crippen molar-refractivity contribution in [3.8, 4) is 5.75 Å². The van der Waals surface area contributed by atoms with Crippen LogP contribution in [-0.4, -0.2) is 22.3 Å². The summed E-state index contributed by atoms with van der Waals surface area (Å²) in [5.41, 5.74) is -0.398. The summed E-state index contributed by atoms with van der Waals surface area (Å²) in [5.74, 6) is -1.00. The molecule has 0 aliphatic heterocycles. The molecule has 0 atom stereocenters. The maximum Gasteiger partial charge on any atom is 0.387 e. The molecule has 0 amide bonds. The van der Waals surface area contributed by atoms with Gasteiger partial charge in [-0.2, -0.15) is 8.78 Å². The molecule has 0 fully saturated rings. The Labute approximate surface area is 117 Å². The average Bonchev–Trinajstić information content (AvgIpc) is 2.46. The maximum absolute atomic E-state index is 12.2. The van der Waals surface area contributed by atoms with Crippen molar-refractivity contribution in [3.63, 3.8) is 0 Å². The summed E-state index contributed by atoms with van der Waals surface area (Å²) in [6, 6.07) is 5.68. The van der Waals surface area contributed by atoms with E-state index < -0.39 is 28.8 Å². The fourth-order valence-electron chi connectivity index (χ4n) is 1.66. The zero-order chi connectivity index (χ0) is 15.4. The Bertz CT molecular complexity index is 677. The number of ketones is 1. The molecule has 0 aliphatic rings. The van der Waals surface area contributed by atoms with Crippen molar-refractivity contribution in [2.45, 2.75) is 6.61 Å². The summed E-state index contributed by atoms with van der Waals surface area (Å²) in [7, 11) is 0. The number of ether oxygens (including phenoxy) is 1. The van der Waals surface area contributed by atoms with Gasteiger partial charge in [-0.15, -0.1) is 0 Å². The first-order valence-electron chi connectivity index (χ1n) is 5.66. The van der Waals surface area contributed by atoms with Gasteiger partial charge in [-0.05, 0) is 18.2 Å². The fraction of sp³-hybridized carbons (Fsp3) is 0.0769. The number of alkyl halides is 2. The zero-order valence-electron chi connectivity index (χ0n) is 10.4. The van der Waals surface area contributed by atoms with Crippen molar-refractivity contribution in [2.75, 3.05) is 0 Å². The van der Waals surface area contributed by atoms with E-state index >= 15 is 0 Å². The SMILES string of the molecule is O=C(c1ccncc1)c1cc(OC(F)F)cc([N+](=O)[O-])c1. The summed E-state index contributed by atoms with van der Waals surface area (Å²) < 4.78 is 28.6. The van der Waals surface area contributed by atoms with Crippen LogP contribution in [0.2, 0.25) is 0 Å². The first-order valence-corrected chi connectivity index (χ1v) is 5.66. The van der Waals surface area contributed by atoms with Crippen molar-refractivity contribution in [3.05, 3.63) is 64.0 Å². The monoisotopic (exact) mass is 294 g/mol. The number of non-ortho nitro benzene ring substituents is 1. The van der Waals surface area contributed by atoms with Gasteiger partial charge in [0.1, 0.15) is 5.75 Å². The molecular formula is C13H8F2N2O4. The summed E-state index contributed by atoms with van der Waals surface area (Å²) in [5, 5.41) is 10.8. The van der Waals surface area contributed by atoms with Crippen LogP contribution in [0, 0.1) is 10.1 Å². The van der Waals surface area contributed by atoms with Crippen LogP contribution in [0.15, 0.2) is 42.7 Å². The van der Waals surface area contributed by atoms with Crippen molar-refractivity contribution >= 4 is 11.5 Å². The van der Waals surface area contributed by atoms with Crippen molar-refractivity contribution in [2.24, 2.45) is 0 Å². The minimum absolute atomic E-state index is 0.119. The second-order valence-electron chi connectivity index (χ2n) is 3.92. The number of hydrogen-bond donors (Lipinski definition) is 0. The van der Waals surface area contributed by atoms with Crippen LogP contribution in [0.25, 0.3) is 0 Å². The molecule has 0 aliphatic carbocycles. The Morgan fingerprint density at radius 1 is 1.19 bits per heavy atom. The number of nitro benzene ring substituents is 1. The van der Waals surface area contributed by atoms with Crippen LogP contribution < -0.4 is 4.74 Å². The second kappa shape index (κ2) is 6.04. The minimum atomic E-state index is -3.14. The van der Waals surface area contributed by atoms with Gasteiger partial charge in [-0.1, -0.05) is 0 Å². The van der Waals surface area contributed by atoms with E-state index in [4.69, 9.17) is 0 Å². The van der Waals surface area contributed by atoms with Gasteiger partial charge in [0.2, 0.25) is 0 Å². The average molecular weight is 294 g/mol. The lowest BCUT2D eigenvalue weighted by Gasteiger charge is -2.07. The van der Waals surface area contributed by atoms with Crippen molar-refractivity contribution in [1.82, 2.24) is 4.98 Å². The lowest BCUT2D eigenvalue weighted by molar-refractivity contribution is -0.385. The van der Waals surface area contributed by atoms with E-state index in [1.54, 1.807) is 0 Å². The highest BCUT2D eigenvalue weighted by atomic mass is 19.3. The van der Waals surface area contributed by atoms with E-state index in [0.29, 0.717) is 0 Å². The van der Waals surface area contributed by atoms with Gasteiger partial charge in [0, 0.05) is 29.6 Å². The predicted molar refractivity (Wildman–Crippen MR) is 67.4 cm³/mol. The highest BCUT2D eigenvalue weighted by molar-refractivity contribution is 6.09. The third-order valence-electron chi connectivity index (χ3n) is 2.53. The van der Waals surface area contributed by atoms with Crippen LogP contribution >= 0.6 is 0 Å². The second-order valence-corrected chi connectivity index (χ2v) is 3.92. The van der Waals surface area contributed by atoms with E-state index in [1.165, 1.54) is 24.5 Å². The maximum atomic E-state index is 12.2. The molecule has 0 saturated carbocycles. The van der Waals surface area contributed by atoms with E-state index in [0.717, 1.165) is 18.2 Å². The molecule has 8 heteroatoms. The number of carbonyl (C=O) groups excluding carboxylic acids is 1. The summed E-state index contributed by atoms with van der Waals surface area (Å²) in [6.45, 7) is -3.14. The molecule has 1 heterocycles. The number of hydrogen-bond acceptors (Lipinski definition) is 5. The molecule has 2 rings (SSSR count). The molecule has 0 N–H and O–H groups in total. The van der Waals surface area contributed by atoms with Crippen LogP contribution in [0.3, 0.4) is 0 Å². The highest BCUT2D eigenvalue weighted by Gasteiger charge is 2.18. The Morgan fingerprint density at radius 2 is 1.86 bits per heavy atom. The van der Waals surface area contributed by atoms with Crippen LogP contribution in [0.5, 0.6) is 5.75 Å². The largest absolute Gasteiger partial charge is 0.435 e. The molecule has 21 heavy (non-hydrogen) atoms. The molecule has 0 bridgehead atoms. The number of rotatable bonds is 5. The number of aromatic nitrogens is 1. The lowest BCUT2D eigenvalue weighted by atomic mass is 10.0. The normalized spacial score (nSPS) is 10.4. The van der Waals surface area contributed by atoms with Crippen LogP contribution in [0.4, 0.5) is 14.5 Å². The first kappa shape index (κ1) is 14.5. The molecule has 1 aromatic carbocycles. The summed E-state index contributed by atoms with van der Waals surface area (Å²) in [6.07, 6.45) is 2.75. The molecule has 0 spiro atoms. The van der Waals surface area contributed by atoms with E-state index in [2.05, 4.69) is 9.72 Å². The summed E-state index contributed by atoms with van der Waals surface area (Å²) in [4.78, 5) is 25.9. The molecule has 1 aromatic heterocycles. The molecule has 2 aromatic rings. The van der Waals surface area contributed by atoms with Crippen LogP contribution in [0.1, 0.15) is 15.9 Å². The number of nitrogens with zero attached hydrogens (tertiary/aromatic N) is 2. The standard InChI is InChI=1S/C13H8F2N2O4/c14-13(15)21-11-6-9(5-10(7-11)17(19)20)12(18)8-1-3-16-4-2-8/h1-7,13H. The van der Waals surface area contributed by atoms with E-state index in [1.807, 2.05) is 0 Å². The summed E-state index contributed by atoms with van der Waals surface area (Å²) >= 11 is 0. The quantitative estimate of drug-likeness (QED) is 0.481. The molecule has 0 radical (unpaired) electrons. The molecule has 6 nitrogen and oxygen atoms in total. The third kappa shape index (κ3) is 3.56. The number of carbonyl (C=O) groups is 1. The lowest BCUT2D eigenvalue weighted by Crippen LogP contribution is -2.06. The first-order chi connectivity index (χ1) is 9.97. The van der Waals surface area contributed by atoms with Gasteiger partial charge in [0.05, 0.1) is 11.0 Å². The topological polar surface area (TPSA) is 82.3 Å². The Morgan fingerprint density at radius 3 is 2.43 bits per heavy atom. The number of benzene rings is 1. The highest BCUT2D eigenvalue weighted by Crippen LogP contribution is 2.25. The zero-order valence-corrected chi connectivity index (χ0v) is 10.4. The van der Waals surface area contributed by atoms with Crippen molar-refractivity contribution < 1.29 is 23.2 Å². The predicted octanol–water partition coefficient (Wildman–Crippen LogP) is 2.82. The third-order valence-corrected chi connectivity index (χ3v) is 2.53. The van der Waals surface area contributed by atoms with Crippen molar-refractivity contribution in [1.29, 1.82) is 0 Å².